The summed E-state index contributed by atoms with van der Waals surface area (Å²) in [6.45, 7) is 2.63. The second-order valence-corrected chi connectivity index (χ2v) is 10.4. The number of carbonyl (C=O) groups is 1. The van der Waals surface area contributed by atoms with E-state index in [0.717, 1.165) is 28.7 Å². The maximum atomic E-state index is 13.8. The van der Waals surface area contributed by atoms with Crippen molar-refractivity contribution in [3.8, 4) is 28.3 Å². The summed E-state index contributed by atoms with van der Waals surface area (Å²) < 4.78 is 14.0. The molecule has 4 aromatic carbocycles. The minimum absolute atomic E-state index is 0.197. The minimum Gasteiger partial charge on any atom is -0.410 e. The molecule has 11 heteroatoms. The first-order valence-corrected chi connectivity index (χ1v) is 14.5. The van der Waals surface area contributed by atoms with Gasteiger partial charge in [0.2, 0.25) is 0 Å². The van der Waals surface area contributed by atoms with Crippen LogP contribution in [-0.2, 0) is 24.4 Å². The summed E-state index contributed by atoms with van der Waals surface area (Å²) in [5.41, 5.74) is 4.73. The van der Waals surface area contributed by atoms with Crippen molar-refractivity contribution in [2.45, 2.75) is 33.0 Å². The molecule has 0 aliphatic carbocycles. The zero-order chi connectivity index (χ0) is 31.2. The Morgan fingerprint density at radius 2 is 1.67 bits per heavy atom. The van der Waals surface area contributed by atoms with Gasteiger partial charge >= 0.3 is 6.09 Å². The molecule has 0 radical (unpaired) electrons. The van der Waals surface area contributed by atoms with E-state index in [0.29, 0.717) is 41.2 Å². The molecule has 45 heavy (non-hydrogen) atoms. The molecule has 0 aliphatic rings. The molecule has 0 spiro atoms. The first-order chi connectivity index (χ1) is 22.0. The molecule has 0 fully saturated rings. The fourth-order valence-corrected chi connectivity index (χ4v) is 5.17. The molecule has 1 N–H and O–H groups in total. The van der Waals surface area contributed by atoms with Gasteiger partial charge in [0.1, 0.15) is 18.3 Å². The molecule has 6 rings (SSSR count). The van der Waals surface area contributed by atoms with Crippen LogP contribution < -0.4 is 15.6 Å². The van der Waals surface area contributed by atoms with Crippen LogP contribution in [0.1, 0.15) is 24.7 Å². The zero-order valence-corrected chi connectivity index (χ0v) is 24.9. The standard InChI is InChI=1S/C34H31N7O4/c1-3-9-31-36-30-19-18-26(45-34(43)35-25-10-5-4-6-11-25)20-29(30)33(42)40(31)21-23-14-16-24(17-15-23)27-12-7-8-13-28(27)32-37-38-39-41(32)22-44-2/h4-8,10-20H,3,9,21-22H2,1-2H3,(H,35,43). The van der Waals surface area contributed by atoms with Gasteiger partial charge in [0.05, 0.1) is 17.4 Å². The van der Waals surface area contributed by atoms with Gasteiger partial charge in [-0.1, -0.05) is 73.7 Å². The molecule has 11 nitrogen and oxygen atoms in total. The van der Waals surface area contributed by atoms with Gasteiger partial charge in [-0.25, -0.2) is 9.78 Å². The number of fused-ring (bicyclic) bond motifs is 1. The summed E-state index contributed by atoms with van der Waals surface area (Å²) in [6.07, 6.45) is 0.829. The average molecular weight is 602 g/mol. The van der Waals surface area contributed by atoms with Crippen LogP contribution in [0.4, 0.5) is 10.5 Å². The van der Waals surface area contributed by atoms with Gasteiger partial charge in [-0.05, 0) is 63.9 Å². The third-order valence-electron chi connectivity index (χ3n) is 7.27. The van der Waals surface area contributed by atoms with Gasteiger partial charge in [0.15, 0.2) is 5.82 Å². The first kappa shape index (κ1) is 29.4. The maximum absolute atomic E-state index is 13.8. The van der Waals surface area contributed by atoms with E-state index >= 15 is 0 Å². The van der Waals surface area contributed by atoms with Crippen molar-refractivity contribution >= 4 is 22.7 Å². The number of amides is 1. The predicted molar refractivity (Wildman–Crippen MR) is 171 cm³/mol. The Labute approximate surface area is 259 Å². The summed E-state index contributed by atoms with van der Waals surface area (Å²) >= 11 is 0. The predicted octanol–water partition coefficient (Wildman–Crippen LogP) is 5.93. The second-order valence-electron chi connectivity index (χ2n) is 10.4. The van der Waals surface area contributed by atoms with E-state index < -0.39 is 6.09 Å². The number of carbonyl (C=O) groups excluding carboxylic acids is 1. The molecular weight excluding hydrogens is 570 g/mol. The number of aryl methyl sites for hydroxylation is 1. The van der Waals surface area contributed by atoms with Crippen LogP contribution in [-0.4, -0.2) is 43.0 Å². The highest BCUT2D eigenvalue weighted by molar-refractivity contribution is 5.87. The Morgan fingerprint density at radius 1 is 0.911 bits per heavy atom. The van der Waals surface area contributed by atoms with Crippen molar-refractivity contribution in [1.29, 1.82) is 0 Å². The first-order valence-electron chi connectivity index (χ1n) is 14.5. The fraction of sp³-hybridized carbons (Fsp3) is 0.176. The monoisotopic (exact) mass is 601 g/mol. The number of nitrogens with one attached hydrogen (secondary N) is 1. The fourth-order valence-electron chi connectivity index (χ4n) is 5.17. The second kappa shape index (κ2) is 13.3. The number of hydrogen-bond acceptors (Lipinski definition) is 8. The number of nitrogens with zero attached hydrogens (tertiary/aromatic N) is 6. The Kier molecular flexibility index (Phi) is 8.70. The van der Waals surface area contributed by atoms with E-state index in [-0.39, 0.29) is 18.0 Å². The summed E-state index contributed by atoms with van der Waals surface area (Å²) in [5, 5.41) is 15.1. The van der Waals surface area contributed by atoms with E-state index in [4.69, 9.17) is 14.5 Å². The van der Waals surface area contributed by atoms with E-state index in [1.54, 1.807) is 46.7 Å². The Balaban J connectivity index is 1.28. The number of anilines is 1. The van der Waals surface area contributed by atoms with Gasteiger partial charge in [0, 0.05) is 24.8 Å². The van der Waals surface area contributed by atoms with Crippen LogP contribution >= 0.6 is 0 Å². The van der Waals surface area contributed by atoms with Crippen molar-refractivity contribution in [2.75, 3.05) is 12.4 Å². The summed E-state index contributed by atoms with van der Waals surface area (Å²) in [6, 6.07) is 29.9. The minimum atomic E-state index is -0.645. The lowest BCUT2D eigenvalue weighted by Crippen LogP contribution is -2.26. The van der Waals surface area contributed by atoms with Crippen LogP contribution in [0.15, 0.2) is 102 Å². The van der Waals surface area contributed by atoms with Crippen LogP contribution in [0, 0.1) is 0 Å². The molecule has 0 saturated heterocycles. The Hall–Kier alpha value is -5.68. The molecule has 0 unspecified atom stereocenters. The lowest BCUT2D eigenvalue weighted by Gasteiger charge is -2.15. The van der Waals surface area contributed by atoms with Crippen LogP contribution in [0.25, 0.3) is 33.4 Å². The number of rotatable bonds is 10. The number of aromatic nitrogens is 6. The van der Waals surface area contributed by atoms with Gasteiger partial charge in [-0.3, -0.25) is 14.7 Å². The molecule has 226 valence electrons. The molecule has 0 aliphatic heterocycles. The highest BCUT2D eigenvalue weighted by Crippen LogP contribution is 2.31. The SMILES string of the molecule is CCCc1nc2ccc(OC(=O)Nc3ccccc3)cc2c(=O)n1Cc1ccc(-c2ccccc2-c2nnnn2COC)cc1. The largest absolute Gasteiger partial charge is 0.417 e. The van der Waals surface area contributed by atoms with Crippen LogP contribution in [0.2, 0.25) is 0 Å². The zero-order valence-electron chi connectivity index (χ0n) is 24.9. The van der Waals surface area contributed by atoms with Gasteiger partial charge in [-0.15, -0.1) is 5.10 Å². The number of methoxy groups -OCH3 is 1. The summed E-state index contributed by atoms with van der Waals surface area (Å²) in [4.78, 5) is 31.1. The lowest BCUT2D eigenvalue weighted by molar-refractivity contribution is 0.120. The molecule has 0 bridgehead atoms. The third-order valence-corrected chi connectivity index (χ3v) is 7.27. The van der Waals surface area contributed by atoms with E-state index in [1.165, 1.54) is 0 Å². The number of para-hydroxylation sites is 1. The normalized spacial score (nSPS) is 11.1. The van der Waals surface area contributed by atoms with Crippen molar-refractivity contribution in [3.63, 3.8) is 0 Å². The summed E-state index contributed by atoms with van der Waals surface area (Å²) in [7, 11) is 1.59. The highest BCUT2D eigenvalue weighted by atomic mass is 16.6. The maximum Gasteiger partial charge on any atom is 0.417 e. The van der Waals surface area contributed by atoms with Gasteiger partial charge < -0.3 is 9.47 Å². The third kappa shape index (κ3) is 6.48. The topological polar surface area (TPSA) is 126 Å². The molecule has 1 amide bonds. The molecule has 2 aromatic heterocycles. The van der Waals surface area contributed by atoms with Gasteiger partial charge in [0.25, 0.3) is 5.56 Å². The van der Waals surface area contributed by atoms with E-state index in [2.05, 4.69) is 27.8 Å². The number of tetrazole rings is 1. The smallest absolute Gasteiger partial charge is 0.410 e. The quantitative estimate of drug-likeness (QED) is 0.205. The molecule has 0 atom stereocenters. The summed E-state index contributed by atoms with van der Waals surface area (Å²) in [5.74, 6) is 1.56. The van der Waals surface area contributed by atoms with Crippen molar-refractivity contribution < 1.29 is 14.3 Å². The highest BCUT2D eigenvalue weighted by Gasteiger charge is 2.16. The van der Waals surface area contributed by atoms with Crippen molar-refractivity contribution in [1.82, 2.24) is 29.8 Å². The molecular formula is C34H31N7O4. The van der Waals surface area contributed by atoms with Crippen LogP contribution in [0.3, 0.4) is 0 Å². The number of ether oxygens (including phenoxy) is 2. The van der Waals surface area contributed by atoms with E-state index in [9.17, 15) is 9.59 Å². The molecule has 2 heterocycles. The average Bonchev–Trinajstić information content (AvgIpc) is 3.52. The van der Waals surface area contributed by atoms with Crippen molar-refractivity contribution in [3.05, 3.63) is 119 Å². The number of benzene rings is 4. The lowest BCUT2D eigenvalue weighted by atomic mass is 9.98. The van der Waals surface area contributed by atoms with Crippen molar-refractivity contribution in [2.24, 2.45) is 0 Å². The number of hydrogen-bond donors (Lipinski definition) is 1. The Morgan fingerprint density at radius 3 is 2.42 bits per heavy atom. The Bertz CT molecular complexity index is 2000. The van der Waals surface area contributed by atoms with Gasteiger partial charge in [-0.2, -0.15) is 4.68 Å². The van der Waals surface area contributed by atoms with Crippen LogP contribution in [0.5, 0.6) is 5.75 Å². The molecule has 0 saturated carbocycles. The van der Waals surface area contributed by atoms with E-state index in [1.807, 2.05) is 66.7 Å². The molecule has 6 aromatic rings.